The standard InChI is InChI=1S/C24H24ClN/c1-26(2)22-15-20-6-3-4-9-23(20)24(16-22)19-8-5-7-18(14-19)17-10-12-21(25)13-11-17/h3-14,22,24H,15-16H2,1-2H3/t22-,24-/m1/s1. The molecule has 0 fully saturated rings. The Morgan fingerprint density at radius 2 is 1.62 bits per heavy atom. The molecular weight excluding hydrogens is 338 g/mol. The highest BCUT2D eigenvalue weighted by Crippen LogP contribution is 2.39. The lowest BCUT2D eigenvalue weighted by molar-refractivity contribution is 0.258. The minimum Gasteiger partial charge on any atom is -0.306 e. The molecule has 0 N–H and O–H groups in total. The van der Waals surface area contributed by atoms with Crippen LogP contribution in [0, 0.1) is 0 Å². The molecule has 1 aliphatic rings. The summed E-state index contributed by atoms with van der Waals surface area (Å²) in [6.07, 6.45) is 2.30. The quantitative estimate of drug-likeness (QED) is 0.551. The molecule has 0 radical (unpaired) electrons. The van der Waals surface area contributed by atoms with Crippen LogP contribution in [0.2, 0.25) is 5.02 Å². The second-order valence-electron chi connectivity index (χ2n) is 7.44. The highest BCUT2D eigenvalue weighted by molar-refractivity contribution is 6.30. The lowest BCUT2D eigenvalue weighted by Crippen LogP contribution is -2.35. The SMILES string of the molecule is CN(C)[C@@H]1Cc2ccccc2[C@@H](c2cccc(-c3ccc(Cl)cc3)c2)C1. The maximum atomic E-state index is 6.05. The topological polar surface area (TPSA) is 3.24 Å². The molecule has 0 saturated carbocycles. The predicted octanol–water partition coefficient (Wildman–Crippen LogP) is 6.02. The van der Waals surface area contributed by atoms with E-state index in [2.05, 4.69) is 79.7 Å². The van der Waals surface area contributed by atoms with Gasteiger partial charge in [0.15, 0.2) is 0 Å². The van der Waals surface area contributed by atoms with Crippen molar-refractivity contribution in [2.45, 2.75) is 24.8 Å². The molecule has 0 aliphatic heterocycles. The fourth-order valence-corrected chi connectivity index (χ4v) is 4.21. The van der Waals surface area contributed by atoms with Crippen LogP contribution in [0.15, 0.2) is 72.8 Å². The number of hydrogen-bond acceptors (Lipinski definition) is 1. The number of fused-ring (bicyclic) bond motifs is 1. The maximum Gasteiger partial charge on any atom is 0.0406 e. The minimum absolute atomic E-state index is 0.444. The van der Waals surface area contributed by atoms with Crippen molar-refractivity contribution in [3.8, 4) is 11.1 Å². The summed E-state index contributed by atoms with van der Waals surface area (Å²) in [6, 6.07) is 26.6. The van der Waals surface area contributed by atoms with E-state index in [1.165, 1.54) is 27.8 Å². The van der Waals surface area contributed by atoms with E-state index in [1.807, 2.05) is 12.1 Å². The summed E-state index contributed by atoms with van der Waals surface area (Å²) >= 11 is 6.05. The van der Waals surface area contributed by atoms with Gasteiger partial charge in [-0.25, -0.2) is 0 Å². The summed E-state index contributed by atoms with van der Waals surface area (Å²) in [4.78, 5) is 2.37. The average molecular weight is 362 g/mol. The van der Waals surface area contributed by atoms with Gasteiger partial charge >= 0.3 is 0 Å². The zero-order chi connectivity index (χ0) is 18.1. The fraction of sp³-hybridized carbons (Fsp3) is 0.250. The monoisotopic (exact) mass is 361 g/mol. The molecule has 2 atom stereocenters. The Morgan fingerprint density at radius 3 is 2.38 bits per heavy atom. The predicted molar refractivity (Wildman–Crippen MR) is 111 cm³/mol. The van der Waals surface area contributed by atoms with E-state index >= 15 is 0 Å². The molecule has 0 amide bonds. The first kappa shape index (κ1) is 17.3. The van der Waals surface area contributed by atoms with Crippen molar-refractivity contribution in [1.29, 1.82) is 0 Å². The Hall–Kier alpha value is -2.09. The van der Waals surface area contributed by atoms with Crippen LogP contribution < -0.4 is 0 Å². The van der Waals surface area contributed by atoms with Gasteiger partial charge in [-0.05, 0) is 66.9 Å². The third-order valence-corrected chi connectivity index (χ3v) is 5.84. The number of halogens is 1. The molecule has 0 bridgehead atoms. The van der Waals surface area contributed by atoms with Gasteiger partial charge in [-0.3, -0.25) is 0 Å². The molecule has 26 heavy (non-hydrogen) atoms. The minimum atomic E-state index is 0.444. The molecule has 0 spiro atoms. The number of hydrogen-bond donors (Lipinski definition) is 0. The highest BCUT2D eigenvalue weighted by atomic mass is 35.5. The van der Waals surface area contributed by atoms with Gasteiger partial charge in [0, 0.05) is 17.0 Å². The van der Waals surface area contributed by atoms with Crippen LogP contribution >= 0.6 is 11.6 Å². The van der Waals surface area contributed by atoms with Crippen LogP contribution in [-0.2, 0) is 6.42 Å². The molecule has 132 valence electrons. The normalized spacial score (nSPS) is 19.4. The zero-order valence-corrected chi connectivity index (χ0v) is 16.1. The highest BCUT2D eigenvalue weighted by Gasteiger charge is 2.29. The fourth-order valence-electron chi connectivity index (χ4n) is 4.08. The Kier molecular flexibility index (Phi) is 4.84. The van der Waals surface area contributed by atoms with Crippen LogP contribution in [0.1, 0.15) is 29.0 Å². The molecule has 1 aliphatic carbocycles. The van der Waals surface area contributed by atoms with Gasteiger partial charge in [0.2, 0.25) is 0 Å². The second-order valence-corrected chi connectivity index (χ2v) is 7.88. The van der Waals surface area contributed by atoms with Crippen LogP contribution in [0.3, 0.4) is 0 Å². The molecule has 2 heteroatoms. The molecular formula is C24H24ClN. The Balaban J connectivity index is 1.74. The third-order valence-electron chi connectivity index (χ3n) is 5.59. The largest absolute Gasteiger partial charge is 0.306 e. The summed E-state index contributed by atoms with van der Waals surface area (Å²) < 4.78 is 0. The van der Waals surface area contributed by atoms with Gasteiger partial charge in [-0.2, -0.15) is 0 Å². The van der Waals surface area contributed by atoms with Crippen LogP contribution in [-0.4, -0.2) is 25.0 Å². The number of likely N-dealkylation sites (N-methyl/N-ethyl adjacent to an activating group) is 1. The van der Waals surface area contributed by atoms with Gasteiger partial charge in [-0.1, -0.05) is 72.3 Å². The summed E-state index contributed by atoms with van der Waals surface area (Å²) in [7, 11) is 4.39. The van der Waals surface area contributed by atoms with Gasteiger partial charge in [0.1, 0.15) is 0 Å². The molecule has 0 saturated heterocycles. The van der Waals surface area contributed by atoms with E-state index in [0.29, 0.717) is 12.0 Å². The van der Waals surface area contributed by atoms with Gasteiger partial charge in [-0.15, -0.1) is 0 Å². The summed E-state index contributed by atoms with van der Waals surface area (Å²) in [5.41, 5.74) is 6.84. The summed E-state index contributed by atoms with van der Waals surface area (Å²) in [5.74, 6) is 0.444. The summed E-state index contributed by atoms with van der Waals surface area (Å²) in [6.45, 7) is 0. The van der Waals surface area contributed by atoms with Crippen LogP contribution in [0.25, 0.3) is 11.1 Å². The average Bonchev–Trinajstić information content (AvgIpc) is 2.67. The first-order valence-electron chi connectivity index (χ1n) is 9.22. The van der Waals surface area contributed by atoms with E-state index in [9.17, 15) is 0 Å². The number of benzene rings is 3. The van der Waals surface area contributed by atoms with Crippen molar-refractivity contribution in [1.82, 2.24) is 4.90 Å². The molecule has 0 unspecified atom stereocenters. The van der Waals surface area contributed by atoms with Crippen LogP contribution in [0.4, 0.5) is 0 Å². The van der Waals surface area contributed by atoms with E-state index in [1.54, 1.807) is 0 Å². The number of rotatable bonds is 3. The zero-order valence-electron chi connectivity index (χ0n) is 15.3. The van der Waals surface area contributed by atoms with Crippen molar-refractivity contribution in [2.24, 2.45) is 0 Å². The lowest BCUT2D eigenvalue weighted by atomic mass is 9.76. The number of nitrogens with zero attached hydrogens (tertiary/aromatic N) is 1. The van der Waals surface area contributed by atoms with E-state index < -0.39 is 0 Å². The molecule has 0 heterocycles. The Labute approximate surface area is 161 Å². The third kappa shape index (κ3) is 3.42. The van der Waals surface area contributed by atoms with Crippen LogP contribution in [0.5, 0.6) is 0 Å². The van der Waals surface area contributed by atoms with Gasteiger partial charge < -0.3 is 4.90 Å². The van der Waals surface area contributed by atoms with Crippen molar-refractivity contribution >= 4 is 11.6 Å². The second kappa shape index (κ2) is 7.26. The molecule has 4 rings (SSSR count). The van der Waals surface area contributed by atoms with E-state index in [0.717, 1.165) is 17.9 Å². The van der Waals surface area contributed by atoms with E-state index in [4.69, 9.17) is 11.6 Å². The molecule has 1 nitrogen and oxygen atoms in total. The summed E-state index contributed by atoms with van der Waals surface area (Å²) in [5, 5.41) is 0.778. The van der Waals surface area contributed by atoms with Crippen molar-refractivity contribution < 1.29 is 0 Å². The Bertz CT molecular complexity index is 898. The smallest absolute Gasteiger partial charge is 0.0406 e. The Morgan fingerprint density at radius 1 is 0.846 bits per heavy atom. The molecule has 3 aromatic rings. The van der Waals surface area contributed by atoms with Gasteiger partial charge in [0.05, 0.1) is 0 Å². The maximum absolute atomic E-state index is 6.05. The molecule has 0 aromatic heterocycles. The first-order valence-corrected chi connectivity index (χ1v) is 9.60. The first-order chi connectivity index (χ1) is 12.6. The van der Waals surface area contributed by atoms with Crippen molar-refractivity contribution in [3.05, 3.63) is 94.5 Å². The van der Waals surface area contributed by atoms with E-state index in [-0.39, 0.29) is 0 Å². The van der Waals surface area contributed by atoms with Crippen molar-refractivity contribution in [3.63, 3.8) is 0 Å². The molecule has 3 aromatic carbocycles. The van der Waals surface area contributed by atoms with Gasteiger partial charge in [0.25, 0.3) is 0 Å². The van der Waals surface area contributed by atoms with Crippen molar-refractivity contribution in [2.75, 3.05) is 14.1 Å². The lowest BCUT2D eigenvalue weighted by Gasteiger charge is -2.35.